The Labute approximate surface area is 225 Å². The van der Waals surface area contributed by atoms with Gasteiger partial charge in [-0.3, -0.25) is 14.6 Å². The molecule has 2 fully saturated rings. The van der Waals surface area contributed by atoms with E-state index in [9.17, 15) is 9.59 Å². The van der Waals surface area contributed by atoms with E-state index in [1.54, 1.807) is 42.6 Å². The van der Waals surface area contributed by atoms with Gasteiger partial charge in [0.25, 0.3) is 0 Å². The van der Waals surface area contributed by atoms with Gasteiger partial charge in [0.15, 0.2) is 11.6 Å². The first-order valence-corrected chi connectivity index (χ1v) is 13.2. The van der Waals surface area contributed by atoms with Crippen molar-refractivity contribution >= 4 is 34.1 Å². The van der Waals surface area contributed by atoms with Crippen molar-refractivity contribution in [3.8, 4) is 17.2 Å². The Bertz CT molecular complexity index is 1530. The number of aromatic nitrogens is 1. The smallest absolute Gasteiger partial charge is 0.240 e. The molecule has 2 aliphatic rings. The number of ether oxygens (including phenoxy) is 2. The highest BCUT2D eigenvalue weighted by molar-refractivity contribution is 6.16. The van der Waals surface area contributed by atoms with Crippen molar-refractivity contribution in [1.82, 2.24) is 4.98 Å². The van der Waals surface area contributed by atoms with Gasteiger partial charge < -0.3 is 20.1 Å². The van der Waals surface area contributed by atoms with Crippen LogP contribution in [0.2, 0.25) is 0 Å². The zero-order chi connectivity index (χ0) is 26.8. The van der Waals surface area contributed by atoms with Gasteiger partial charge in [0, 0.05) is 35.1 Å². The van der Waals surface area contributed by atoms with Gasteiger partial charge in [-0.05, 0) is 67.6 Å². The zero-order valence-electron chi connectivity index (χ0n) is 21.3. The van der Waals surface area contributed by atoms with Gasteiger partial charge in [-0.25, -0.2) is 4.39 Å². The van der Waals surface area contributed by atoms with Crippen molar-refractivity contribution in [3.05, 3.63) is 84.8 Å². The number of hydrogen-bond acceptors (Lipinski definition) is 5. The molecule has 0 unspecified atom stereocenters. The molecule has 39 heavy (non-hydrogen) atoms. The summed E-state index contributed by atoms with van der Waals surface area (Å²) in [4.78, 5) is 30.1. The minimum absolute atomic E-state index is 0.00761. The molecule has 0 radical (unpaired) electrons. The van der Waals surface area contributed by atoms with E-state index in [0.717, 1.165) is 23.5 Å². The number of nitrogens with zero attached hydrogens (tertiary/aromatic N) is 1. The second-order valence-corrected chi connectivity index (χ2v) is 10.2. The summed E-state index contributed by atoms with van der Waals surface area (Å²) < 4.78 is 26.8. The molecule has 0 saturated heterocycles. The highest BCUT2D eigenvalue weighted by Crippen LogP contribution is 2.47. The molecule has 8 heteroatoms. The molecule has 0 aliphatic heterocycles. The molecule has 4 aromatic rings. The Morgan fingerprint density at radius 1 is 0.897 bits per heavy atom. The maximum Gasteiger partial charge on any atom is 0.240 e. The number of para-hydroxylation sites is 1. The van der Waals surface area contributed by atoms with Gasteiger partial charge in [-0.15, -0.1) is 0 Å². The highest BCUT2D eigenvalue weighted by Gasteiger charge is 2.56. The fourth-order valence-electron chi connectivity index (χ4n) is 4.52. The maximum absolute atomic E-state index is 15.0. The van der Waals surface area contributed by atoms with Crippen LogP contribution >= 0.6 is 0 Å². The van der Waals surface area contributed by atoms with E-state index in [2.05, 4.69) is 15.6 Å². The molecule has 2 saturated carbocycles. The lowest BCUT2D eigenvalue weighted by atomic mass is 10.0. The van der Waals surface area contributed by atoms with E-state index in [-0.39, 0.29) is 17.3 Å². The van der Waals surface area contributed by atoms with Crippen LogP contribution in [0.25, 0.3) is 10.9 Å². The fourth-order valence-corrected chi connectivity index (χ4v) is 4.52. The van der Waals surface area contributed by atoms with Gasteiger partial charge in [0.2, 0.25) is 11.8 Å². The maximum atomic E-state index is 15.0. The summed E-state index contributed by atoms with van der Waals surface area (Å²) in [7, 11) is 0. The van der Waals surface area contributed by atoms with Crippen LogP contribution in [0.3, 0.4) is 0 Å². The molecule has 0 bridgehead atoms. The van der Waals surface area contributed by atoms with E-state index in [1.165, 1.54) is 25.0 Å². The number of fused-ring (bicyclic) bond motifs is 1. The SMILES string of the molecule is O=C(Nc1ccccc1)C1(C(=O)Nc2ccc(Oc3ccnc4cc(OCCC5CC5)ccc34)c(F)c2)CC1. The summed E-state index contributed by atoms with van der Waals surface area (Å²) in [6, 6.07) is 20.4. The number of halogens is 1. The Morgan fingerprint density at radius 3 is 2.38 bits per heavy atom. The molecule has 6 rings (SSSR count). The molecule has 0 atom stereocenters. The Morgan fingerprint density at radius 2 is 1.67 bits per heavy atom. The molecule has 7 nitrogen and oxygen atoms in total. The quantitative estimate of drug-likeness (QED) is 0.225. The molecule has 2 aliphatic carbocycles. The van der Waals surface area contributed by atoms with Crippen LogP contribution in [0.5, 0.6) is 17.2 Å². The fraction of sp³-hybridized carbons (Fsp3) is 0.258. The minimum atomic E-state index is -1.15. The molecular weight excluding hydrogens is 497 g/mol. The third kappa shape index (κ3) is 5.55. The van der Waals surface area contributed by atoms with Crippen molar-refractivity contribution in [2.75, 3.05) is 17.2 Å². The summed E-state index contributed by atoms with van der Waals surface area (Å²) in [6.07, 6.45) is 6.12. The Hall–Kier alpha value is -4.46. The standard InChI is InChI=1S/C31H28FN3O4/c32-25-18-22(35-30(37)31(14-15-31)29(36)34-21-4-2-1-3-5-21)8-11-28(25)39-27-12-16-33-26-19-23(9-10-24(26)27)38-17-13-20-6-7-20/h1-5,8-12,16,18-20H,6-7,13-15,17H2,(H,34,36)(H,35,37). The van der Waals surface area contributed by atoms with Gasteiger partial charge in [-0.2, -0.15) is 0 Å². The van der Waals surface area contributed by atoms with Crippen molar-refractivity contribution < 1.29 is 23.5 Å². The second kappa shape index (κ2) is 10.4. The third-order valence-electron chi connectivity index (χ3n) is 7.23. The molecule has 0 spiro atoms. The first-order valence-electron chi connectivity index (χ1n) is 13.2. The molecule has 3 aromatic carbocycles. The van der Waals surface area contributed by atoms with Crippen LogP contribution in [0.4, 0.5) is 15.8 Å². The van der Waals surface area contributed by atoms with Crippen LogP contribution in [0.1, 0.15) is 32.1 Å². The summed E-state index contributed by atoms with van der Waals surface area (Å²) in [5, 5.41) is 6.20. The minimum Gasteiger partial charge on any atom is -0.494 e. The number of hydrogen-bond donors (Lipinski definition) is 2. The van der Waals surface area contributed by atoms with Crippen LogP contribution in [-0.2, 0) is 9.59 Å². The van der Waals surface area contributed by atoms with Crippen LogP contribution in [-0.4, -0.2) is 23.4 Å². The van der Waals surface area contributed by atoms with Crippen molar-refractivity contribution in [3.63, 3.8) is 0 Å². The molecule has 1 aromatic heterocycles. The van der Waals surface area contributed by atoms with E-state index in [0.29, 0.717) is 36.4 Å². The van der Waals surface area contributed by atoms with Crippen LogP contribution in [0, 0.1) is 17.2 Å². The lowest BCUT2D eigenvalue weighted by Crippen LogP contribution is -2.35. The monoisotopic (exact) mass is 525 g/mol. The summed E-state index contributed by atoms with van der Waals surface area (Å²) >= 11 is 0. The molecule has 2 N–H and O–H groups in total. The Balaban J connectivity index is 1.11. The van der Waals surface area contributed by atoms with Crippen LogP contribution < -0.4 is 20.1 Å². The predicted molar refractivity (Wildman–Crippen MR) is 146 cm³/mol. The highest BCUT2D eigenvalue weighted by atomic mass is 19.1. The van der Waals surface area contributed by atoms with Crippen molar-refractivity contribution in [2.24, 2.45) is 11.3 Å². The van der Waals surface area contributed by atoms with Crippen molar-refractivity contribution in [2.45, 2.75) is 32.1 Å². The normalized spacial score (nSPS) is 15.4. The number of carbonyl (C=O) groups excluding carboxylic acids is 2. The first-order chi connectivity index (χ1) is 19.0. The molecule has 1 heterocycles. The van der Waals surface area contributed by atoms with E-state index in [1.807, 2.05) is 24.3 Å². The third-order valence-corrected chi connectivity index (χ3v) is 7.23. The lowest BCUT2D eigenvalue weighted by molar-refractivity contribution is -0.131. The summed E-state index contributed by atoms with van der Waals surface area (Å²) in [5.74, 6) is 0.531. The summed E-state index contributed by atoms with van der Waals surface area (Å²) in [5.41, 5.74) is 0.397. The topological polar surface area (TPSA) is 89.6 Å². The number of amides is 2. The second-order valence-electron chi connectivity index (χ2n) is 10.2. The number of nitrogens with one attached hydrogen (secondary N) is 2. The van der Waals surface area contributed by atoms with E-state index >= 15 is 4.39 Å². The largest absolute Gasteiger partial charge is 0.494 e. The zero-order valence-corrected chi connectivity index (χ0v) is 21.3. The van der Waals surface area contributed by atoms with Gasteiger partial charge in [0.05, 0.1) is 12.1 Å². The Kier molecular flexibility index (Phi) is 6.60. The molecular formula is C31H28FN3O4. The molecule has 2 amide bonds. The van der Waals surface area contributed by atoms with Gasteiger partial charge in [0.1, 0.15) is 16.9 Å². The number of carbonyl (C=O) groups is 2. The first kappa shape index (κ1) is 24.9. The number of rotatable bonds is 10. The number of anilines is 2. The number of benzene rings is 3. The lowest BCUT2D eigenvalue weighted by Gasteiger charge is -2.16. The van der Waals surface area contributed by atoms with E-state index in [4.69, 9.17) is 9.47 Å². The number of pyridine rings is 1. The van der Waals surface area contributed by atoms with Crippen LogP contribution in [0.15, 0.2) is 79.0 Å². The summed E-state index contributed by atoms with van der Waals surface area (Å²) in [6.45, 7) is 0.680. The van der Waals surface area contributed by atoms with Gasteiger partial charge >= 0.3 is 0 Å². The predicted octanol–water partition coefficient (Wildman–Crippen LogP) is 6.70. The van der Waals surface area contributed by atoms with Crippen molar-refractivity contribution in [1.29, 1.82) is 0 Å². The van der Waals surface area contributed by atoms with E-state index < -0.39 is 17.1 Å². The average molecular weight is 526 g/mol. The average Bonchev–Trinajstić information content (AvgIpc) is 3.86. The molecule has 198 valence electrons. The van der Waals surface area contributed by atoms with Gasteiger partial charge in [-0.1, -0.05) is 31.0 Å².